The van der Waals surface area contributed by atoms with E-state index in [0.29, 0.717) is 18.0 Å². The fraction of sp³-hybridized carbons (Fsp3) is 0.444. The summed E-state index contributed by atoms with van der Waals surface area (Å²) in [5, 5.41) is 7.51. The summed E-state index contributed by atoms with van der Waals surface area (Å²) < 4.78 is 1.99. The zero-order valence-electron chi connectivity index (χ0n) is 14.6. The number of aryl methyl sites for hydroxylation is 2. The largest absolute Gasteiger partial charge is 0.399 e. The van der Waals surface area contributed by atoms with E-state index >= 15 is 0 Å². The van der Waals surface area contributed by atoms with Gasteiger partial charge in [0.1, 0.15) is 0 Å². The van der Waals surface area contributed by atoms with Crippen molar-refractivity contribution in [3.05, 3.63) is 40.7 Å². The smallest absolute Gasteiger partial charge is 0.228 e. The number of nitrogens with one attached hydrogen (secondary N) is 1. The molecule has 3 N–H and O–H groups in total. The van der Waals surface area contributed by atoms with E-state index in [-0.39, 0.29) is 5.91 Å². The molecule has 0 spiro atoms. The summed E-state index contributed by atoms with van der Waals surface area (Å²) in [5.41, 5.74) is 11.2. The van der Waals surface area contributed by atoms with Gasteiger partial charge < -0.3 is 11.1 Å². The van der Waals surface area contributed by atoms with Gasteiger partial charge in [0.15, 0.2) is 0 Å². The van der Waals surface area contributed by atoms with Crippen LogP contribution in [0.4, 0.5) is 11.4 Å². The Morgan fingerprint density at radius 1 is 1.30 bits per heavy atom. The number of carbonyl (C=O) groups excluding carboxylic acids is 1. The molecule has 0 bridgehead atoms. The minimum absolute atomic E-state index is 0.0472. The Hall–Kier alpha value is -2.30. The Bertz CT molecular complexity index is 716. The van der Waals surface area contributed by atoms with E-state index in [2.05, 4.69) is 24.3 Å². The van der Waals surface area contributed by atoms with Gasteiger partial charge in [-0.15, -0.1) is 0 Å². The average molecular weight is 314 g/mol. The lowest BCUT2D eigenvalue weighted by Gasteiger charge is -2.10. The highest BCUT2D eigenvalue weighted by atomic mass is 16.1. The van der Waals surface area contributed by atoms with Crippen molar-refractivity contribution in [3.8, 4) is 0 Å². The van der Waals surface area contributed by atoms with E-state index in [1.165, 1.54) is 0 Å². The van der Waals surface area contributed by atoms with E-state index in [4.69, 9.17) is 5.73 Å². The minimum Gasteiger partial charge on any atom is -0.399 e. The van der Waals surface area contributed by atoms with Crippen LogP contribution in [-0.2, 0) is 17.8 Å². The first-order valence-corrected chi connectivity index (χ1v) is 7.96. The number of nitrogens with zero attached hydrogens (tertiary/aromatic N) is 2. The Labute approximate surface area is 137 Å². The Morgan fingerprint density at radius 3 is 2.65 bits per heavy atom. The normalized spacial score (nSPS) is 11.0. The summed E-state index contributed by atoms with van der Waals surface area (Å²) in [6.07, 6.45) is 0.323. The lowest BCUT2D eigenvalue weighted by molar-refractivity contribution is -0.115. The fourth-order valence-corrected chi connectivity index (χ4v) is 2.64. The number of nitrogen functional groups attached to an aromatic ring is 1. The highest BCUT2D eigenvalue weighted by Crippen LogP contribution is 2.20. The SMILES string of the molecule is Cc1ccc(N)cc1NC(=O)Cc1c(C)nn(CC(C)C)c1C. The number of carbonyl (C=O) groups is 1. The Morgan fingerprint density at radius 2 is 2.00 bits per heavy atom. The molecule has 5 nitrogen and oxygen atoms in total. The van der Waals surface area contributed by atoms with Crippen LogP contribution in [0.3, 0.4) is 0 Å². The van der Waals surface area contributed by atoms with Crippen LogP contribution in [0.15, 0.2) is 18.2 Å². The third-order valence-corrected chi connectivity index (χ3v) is 3.94. The summed E-state index contributed by atoms with van der Waals surface area (Å²) >= 11 is 0. The second-order valence-corrected chi connectivity index (χ2v) is 6.52. The molecule has 1 aromatic carbocycles. The van der Waals surface area contributed by atoms with Gasteiger partial charge in [0.25, 0.3) is 0 Å². The molecule has 0 aliphatic rings. The molecule has 124 valence electrons. The molecule has 0 atom stereocenters. The summed E-state index contributed by atoms with van der Waals surface area (Å²) in [4.78, 5) is 12.4. The second kappa shape index (κ2) is 6.86. The van der Waals surface area contributed by atoms with E-state index in [1.807, 2.05) is 37.6 Å². The van der Waals surface area contributed by atoms with Gasteiger partial charge in [-0.25, -0.2) is 0 Å². The van der Waals surface area contributed by atoms with Crippen LogP contribution in [0.2, 0.25) is 0 Å². The van der Waals surface area contributed by atoms with Crippen LogP contribution in [0, 0.1) is 26.7 Å². The zero-order chi connectivity index (χ0) is 17.1. The van der Waals surface area contributed by atoms with Crippen molar-refractivity contribution in [2.24, 2.45) is 5.92 Å². The van der Waals surface area contributed by atoms with Gasteiger partial charge in [0.05, 0.1) is 12.1 Å². The predicted octanol–water partition coefficient (Wildman–Crippen LogP) is 3.23. The van der Waals surface area contributed by atoms with Crippen molar-refractivity contribution < 1.29 is 4.79 Å². The molecular formula is C18H26N4O. The highest BCUT2D eigenvalue weighted by molar-refractivity contribution is 5.93. The topological polar surface area (TPSA) is 72.9 Å². The van der Waals surface area contributed by atoms with Crippen molar-refractivity contribution in [1.29, 1.82) is 0 Å². The van der Waals surface area contributed by atoms with Gasteiger partial charge in [-0.2, -0.15) is 5.10 Å². The molecule has 0 radical (unpaired) electrons. The maximum atomic E-state index is 12.4. The number of hydrogen-bond acceptors (Lipinski definition) is 3. The van der Waals surface area contributed by atoms with Crippen molar-refractivity contribution in [3.63, 3.8) is 0 Å². The molecule has 23 heavy (non-hydrogen) atoms. The van der Waals surface area contributed by atoms with Gasteiger partial charge in [-0.05, 0) is 44.4 Å². The quantitative estimate of drug-likeness (QED) is 0.832. The first-order chi connectivity index (χ1) is 10.8. The standard InChI is InChI=1S/C18H26N4O/c1-11(2)10-22-14(5)16(13(4)21-22)9-18(23)20-17-8-15(19)7-6-12(17)3/h6-8,11H,9-10,19H2,1-5H3,(H,20,23). The molecule has 2 rings (SSSR count). The maximum Gasteiger partial charge on any atom is 0.228 e. The molecule has 1 aromatic heterocycles. The number of hydrogen-bond donors (Lipinski definition) is 2. The van der Waals surface area contributed by atoms with Gasteiger partial charge in [-0.1, -0.05) is 19.9 Å². The summed E-state index contributed by atoms with van der Waals surface area (Å²) in [5.74, 6) is 0.471. The monoisotopic (exact) mass is 314 g/mol. The molecule has 1 amide bonds. The highest BCUT2D eigenvalue weighted by Gasteiger charge is 2.16. The molecule has 1 heterocycles. The number of anilines is 2. The average Bonchev–Trinajstić information content (AvgIpc) is 2.70. The molecule has 0 aliphatic heterocycles. The lowest BCUT2D eigenvalue weighted by Crippen LogP contribution is -2.16. The second-order valence-electron chi connectivity index (χ2n) is 6.52. The van der Waals surface area contributed by atoms with Crippen LogP contribution in [-0.4, -0.2) is 15.7 Å². The van der Waals surface area contributed by atoms with E-state index < -0.39 is 0 Å². The zero-order valence-corrected chi connectivity index (χ0v) is 14.6. The van der Waals surface area contributed by atoms with Crippen molar-refractivity contribution in [1.82, 2.24) is 9.78 Å². The third-order valence-electron chi connectivity index (χ3n) is 3.94. The van der Waals surface area contributed by atoms with Crippen LogP contribution in [0.5, 0.6) is 0 Å². The van der Waals surface area contributed by atoms with Gasteiger partial charge in [0.2, 0.25) is 5.91 Å². The number of rotatable bonds is 5. The number of nitrogens with two attached hydrogens (primary N) is 1. The van der Waals surface area contributed by atoms with E-state index in [9.17, 15) is 4.79 Å². The maximum absolute atomic E-state index is 12.4. The lowest BCUT2D eigenvalue weighted by atomic mass is 10.1. The molecule has 0 saturated carbocycles. The third kappa shape index (κ3) is 4.12. The summed E-state index contributed by atoms with van der Waals surface area (Å²) in [6, 6.07) is 5.52. The van der Waals surface area contributed by atoms with Gasteiger partial charge in [-0.3, -0.25) is 9.48 Å². The number of amides is 1. The van der Waals surface area contributed by atoms with Crippen LogP contribution < -0.4 is 11.1 Å². The van der Waals surface area contributed by atoms with Crippen LogP contribution in [0.25, 0.3) is 0 Å². The summed E-state index contributed by atoms with van der Waals surface area (Å²) in [6.45, 7) is 11.1. The van der Waals surface area contributed by atoms with E-state index in [0.717, 1.165) is 34.7 Å². The molecule has 0 saturated heterocycles. The van der Waals surface area contributed by atoms with Crippen molar-refractivity contribution in [2.45, 2.75) is 47.6 Å². The molecule has 0 aliphatic carbocycles. The first-order valence-electron chi connectivity index (χ1n) is 7.96. The molecule has 0 unspecified atom stereocenters. The fourth-order valence-electron chi connectivity index (χ4n) is 2.64. The molecular weight excluding hydrogens is 288 g/mol. The van der Waals surface area contributed by atoms with Crippen molar-refractivity contribution >= 4 is 17.3 Å². The number of benzene rings is 1. The number of aromatic nitrogens is 2. The molecule has 2 aromatic rings. The molecule has 0 fully saturated rings. The van der Waals surface area contributed by atoms with Crippen LogP contribution >= 0.6 is 0 Å². The van der Waals surface area contributed by atoms with Gasteiger partial charge in [0, 0.05) is 29.2 Å². The van der Waals surface area contributed by atoms with E-state index in [1.54, 1.807) is 6.07 Å². The summed E-state index contributed by atoms with van der Waals surface area (Å²) in [7, 11) is 0. The minimum atomic E-state index is -0.0472. The van der Waals surface area contributed by atoms with Crippen molar-refractivity contribution in [2.75, 3.05) is 11.1 Å². The first kappa shape index (κ1) is 17.1. The predicted molar refractivity (Wildman–Crippen MR) is 94.5 cm³/mol. The van der Waals surface area contributed by atoms with Crippen LogP contribution in [0.1, 0.15) is 36.4 Å². The van der Waals surface area contributed by atoms with Gasteiger partial charge >= 0.3 is 0 Å². The molecule has 5 heteroatoms. The Kier molecular flexibility index (Phi) is 5.08. The Balaban J connectivity index is 2.14.